The molecular weight excluding hydrogens is 683 g/mol. The molecule has 7 atom stereocenters. The molecule has 3 N–H and O–H groups in total. The molecule has 8 aliphatic carbocycles. The van der Waals surface area contributed by atoms with Crippen LogP contribution >= 0.6 is 0 Å². The van der Waals surface area contributed by atoms with Crippen LogP contribution in [0.1, 0.15) is 225 Å². The number of nitrogens with one attached hydrogen (secondary N) is 3. The van der Waals surface area contributed by atoms with Crippen LogP contribution < -0.4 is 16.0 Å². The Labute approximate surface area is 345 Å². The third-order valence-electron chi connectivity index (χ3n) is 19.8. The van der Waals surface area contributed by atoms with Crippen LogP contribution in [0.3, 0.4) is 0 Å². The predicted octanol–water partition coefficient (Wildman–Crippen LogP) is 11.7. The molecule has 0 radical (unpaired) electrons. The number of hydrogen-bond donors (Lipinski definition) is 3. The van der Waals surface area contributed by atoms with E-state index >= 15 is 0 Å². The molecule has 10 aliphatic rings. The number of rotatable bonds is 8. The summed E-state index contributed by atoms with van der Waals surface area (Å²) in [6.45, 7) is 0. The summed E-state index contributed by atoms with van der Waals surface area (Å²) in [5.41, 5.74) is 0. The first kappa shape index (κ1) is 39.9. The monoisotopic (exact) mass is 772 g/mol. The number of fused-ring (bicyclic) bond motifs is 3. The van der Waals surface area contributed by atoms with Crippen LogP contribution in [0.2, 0.25) is 0 Å². The Balaban J connectivity index is 0.762. The molecule has 5 nitrogen and oxygen atoms in total. The highest BCUT2D eigenvalue weighted by Gasteiger charge is 2.54. The molecule has 2 saturated heterocycles. The van der Waals surface area contributed by atoms with Crippen molar-refractivity contribution in [2.75, 3.05) is 0 Å². The van der Waals surface area contributed by atoms with E-state index in [0.717, 1.165) is 77.7 Å². The zero-order chi connectivity index (χ0) is 37.3. The summed E-state index contributed by atoms with van der Waals surface area (Å²) >= 11 is 0. The summed E-state index contributed by atoms with van der Waals surface area (Å²) < 4.78 is 0. The number of likely N-dealkylation sites (tertiary alicyclic amines) is 1. The van der Waals surface area contributed by atoms with Gasteiger partial charge in [0.1, 0.15) is 0 Å². The standard InChI is InChI=1S/C51H89N5/c1-5-15-37(16-6-1)49-52-50(38-17-7-2-8-18-38)54-51(53-49)39-27-32-44(33-28-39)56-47-24-14-13-23-45(47)46-35-40(29-34-48(46)56)36-25-30-43(31-26-36)55(41-19-9-3-10-20-41)42-21-11-4-12-22-42/h36-54H,1-35H2. The van der Waals surface area contributed by atoms with E-state index in [2.05, 4.69) is 25.8 Å². The Hall–Kier alpha value is -0.200. The molecule has 318 valence electrons. The lowest BCUT2D eigenvalue weighted by Gasteiger charge is -2.50. The van der Waals surface area contributed by atoms with E-state index < -0.39 is 0 Å². The van der Waals surface area contributed by atoms with E-state index in [0.29, 0.717) is 18.5 Å². The van der Waals surface area contributed by atoms with Crippen molar-refractivity contribution in [3.05, 3.63) is 0 Å². The molecular formula is C51H89N5. The third-order valence-corrected chi connectivity index (χ3v) is 19.8. The lowest BCUT2D eigenvalue weighted by atomic mass is 9.65. The van der Waals surface area contributed by atoms with Crippen molar-refractivity contribution in [3.63, 3.8) is 0 Å². The molecule has 2 heterocycles. The van der Waals surface area contributed by atoms with Crippen molar-refractivity contribution in [2.24, 2.45) is 41.4 Å². The molecule has 0 amide bonds. The van der Waals surface area contributed by atoms with E-state index in [4.69, 9.17) is 0 Å². The van der Waals surface area contributed by atoms with Crippen molar-refractivity contribution >= 4 is 0 Å². The first-order valence-corrected chi connectivity index (χ1v) is 26.6. The molecule has 56 heavy (non-hydrogen) atoms. The van der Waals surface area contributed by atoms with Crippen LogP contribution in [0, 0.1) is 41.4 Å². The molecule has 7 unspecified atom stereocenters. The van der Waals surface area contributed by atoms with Gasteiger partial charge >= 0.3 is 0 Å². The highest BCUT2D eigenvalue weighted by atomic mass is 15.4. The van der Waals surface area contributed by atoms with Crippen molar-refractivity contribution in [1.29, 1.82) is 0 Å². The summed E-state index contributed by atoms with van der Waals surface area (Å²) in [5.74, 6) is 6.61. The van der Waals surface area contributed by atoms with Gasteiger partial charge in [-0.1, -0.05) is 89.9 Å². The van der Waals surface area contributed by atoms with Gasteiger partial charge in [0.25, 0.3) is 0 Å². The maximum absolute atomic E-state index is 4.28. The quantitative estimate of drug-likeness (QED) is 0.229. The Kier molecular flexibility index (Phi) is 13.4. The summed E-state index contributed by atoms with van der Waals surface area (Å²) in [5, 5.41) is 12.8. The molecule has 2 aliphatic heterocycles. The van der Waals surface area contributed by atoms with Crippen LogP contribution in [0.4, 0.5) is 0 Å². The second-order valence-corrected chi connectivity index (χ2v) is 22.7. The topological polar surface area (TPSA) is 42.6 Å². The molecule has 0 aromatic heterocycles. The Morgan fingerprint density at radius 1 is 0.304 bits per heavy atom. The van der Waals surface area contributed by atoms with Gasteiger partial charge in [-0.2, -0.15) is 0 Å². The molecule has 0 aromatic carbocycles. The molecule has 0 bridgehead atoms. The average Bonchev–Trinajstić information content (AvgIpc) is 3.62. The Morgan fingerprint density at radius 3 is 1.27 bits per heavy atom. The maximum Gasteiger partial charge on any atom is 0.0624 e. The molecule has 10 fully saturated rings. The second kappa shape index (κ2) is 18.8. The molecule has 0 aromatic rings. The minimum atomic E-state index is 0.521. The lowest BCUT2D eigenvalue weighted by molar-refractivity contribution is 0.00173. The van der Waals surface area contributed by atoms with Crippen LogP contribution in [0.25, 0.3) is 0 Å². The summed E-state index contributed by atoms with van der Waals surface area (Å²) in [7, 11) is 0. The van der Waals surface area contributed by atoms with Gasteiger partial charge in [-0.25, -0.2) is 0 Å². The van der Waals surface area contributed by atoms with Crippen LogP contribution in [0.5, 0.6) is 0 Å². The lowest BCUT2D eigenvalue weighted by Crippen LogP contribution is -2.72. The summed E-state index contributed by atoms with van der Waals surface area (Å²) in [6, 6.07) is 5.49. The van der Waals surface area contributed by atoms with Crippen LogP contribution in [-0.4, -0.2) is 64.5 Å². The van der Waals surface area contributed by atoms with Crippen molar-refractivity contribution in [1.82, 2.24) is 25.8 Å². The minimum Gasteiger partial charge on any atom is -0.294 e. The summed E-state index contributed by atoms with van der Waals surface area (Å²) in [4.78, 5) is 6.53. The Bertz CT molecular complexity index is 1140. The third kappa shape index (κ3) is 8.63. The van der Waals surface area contributed by atoms with E-state index in [1.165, 1.54) is 186 Å². The summed E-state index contributed by atoms with van der Waals surface area (Å²) in [6.07, 6.45) is 53.9. The number of hydrogen-bond acceptors (Lipinski definition) is 5. The normalized spacial score (nSPS) is 44.7. The van der Waals surface area contributed by atoms with Crippen molar-refractivity contribution < 1.29 is 0 Å². The molecule has 5 heteroatoms. The zero-order valence-corrected chi connectivity index (χ0v) is 36.4. The highest BCUT2D eigenvalue weighted by Crippen LogP contribution is 2.55. The highest BCUT2D eigenvalue weighted by molar-refractivity contribution is 5.07. The van der Waals surface area contributed by atoms with E-state index in [-0.39, 0.29) is 0 Å². The minimum absolute atomic E-state index is 0.521. The van der Waals surface area contributed by atoms with Gasteiger partial charge < -0.3 is 0 Å². The largest absolute Gasteiger partial charge is 0.294 e. The first-order chi connectivity index (χ1) is 27.8. The van der Waals surface area contributed by atoms with Gasteiger partial charge in [0.15, 0.2) is 0 Å². The zero-order valence-electron chi connectivity index (χ0n) is 36.4. The van der Waals surface area contributed by atoms with Gasteiger partial charge in [-0.15, -0.1) is 0 Å². The van der Waals surface area contributed by atoms with Crippen LogP contribution in [0.15, 0.2) is 0 Å². The second-order valence-electron chi connectivity index (χ2n) is 22.7. The predicted molar refractivity (Wildman–Crippen MR) is 233 cm³/mol. The van der Waals surface area contributed by atoms with Gasteiger partial charge in [0.2, 0.25) is 0 Å². The average molecular weight is 772 g/mol. The van der Waals surface area contributed by atoms with Crippen LogP contribution in [-0.2, 0) is 0 Å². The fourth-order valence-electron chi connectivity index (χ4n) is 17.0. The SMILES string of the molecule is C1CCC(C2NC(C3CCCCC3)NC(C3CCC(N4C5CCCCC5C5CC(C6CCC(N(C7CCCCC7)C7CCCCC7)CC6)CCC54)CC3)N2)CC1. The van der Waals surface area contributed by atoms with Gasteiger partial charge in [-0.05, 0) is 176 Å². The van der Waals surface area contributed by atoms with E-state index in [1.54, 1.807) is 38.5 Å². The van der Waals surface area contributed by atoms with E-state index in [9.17, 15) is 0 Å². The molecule has 0 spiro atoms. The van der Waals surface area contributed by atoms with Gasteiger partial charge in [0.05, 0.1) is 18.5 Å². The maximum atomic E-state index is 4.28. The smallest absolute Gasteiger partial charge is 0.0624 e. The first-order valence-electron chi connectivity index (χ1n) is 26.6. The molecule has 10 rings (SSSR count). The van der Waals surface area contributed by atoms with Crippen molar-refractivity contribution in [2.45, 2.75) is 279 Å². The van der Waals surface area contributed by atoms with E-state index in [1.807, 2.05) is 0 Å². The van der Waals surface area contributed by atoms with Gasteiger partial charge in [0, 0.05) is 36.3 Å². The van der Waals surface area contributed by atoms with Gasteiger partial charge in [-0.3, -0.25) is 25.8 Å². The number of nitrogens with zero attached hydrogens (tertiary/aromatic N) is 2. The van der Waals surface area contributed by atoms with Crippen molar-refractivity contribution in [3.8, 4) is 0 Å². The Morgan fingerprint density at radius 2 is 0.714 bits per heavy atom. The molecule has 8 saturated carbocycles. The fraction of sp³-hybridized carbons (Fsp3) is 1.00. The fourth-order valence-corrected chi connectivity index (χ4v) is 17.0.